The van der Waals surface area contributed by atoms with Gasteiger partial charge in [-0.25, -0.2) is 4.39 Å². The van der Waals surface area contributed by atoms with Gasteiger partial charge in [-0.2, -0.15) is 0 Å². The van der Waals surface area contributed by atoms with E-state index in [1.165, 1.54) is 6.07 Å². The third kappa shape index (κ3) is 2.38. The summed E-state index contributed by atoms with van der Waals surface area (Å²) in [5.74, 6) is -0.392. The summed E-state index contributed by atoms with van der Waals surface area (Å²) in [6, 6.07) is 4.84. The van der Waals surface area contributed by atoms with E-state index < -0.39 is 5.82 Å². The highest BCUT2D eigenvalue weighted by atomic mass is 79.9. The summed E-state index contributed by atoms with van der Waals surface area (Å²) in [4.78, 5) is 13.3. The minimum atomic E-state index is -0.435. The molecule has 0 aliphatic carbocycles. The van der Waals surface area contributed by atoms with Crippen LogP contribution in [-0.2, 0) is 11.3 Å². The van der Waals surface area contributed by atoms with Gasteiger partial charge in [-0.15, -0.1) is 0 Å². The molecule has 1 heterocycles. The molecule has 1 aliphatic rings. The number of hydrogen-bond donors (Lipinski definition) is 0. The molecule has 0 N–H and O–H groups in total. The van der Waals surface area contributed by atoms with Gasteiger partial charge in [0, 0.05) is 29.9 Å². The summed E-state index contributed by atoms with van der Waals surface area (Å²) in [7, 11) is 0. The van der Waals surface area contributed by atoms with Gasteiger partial charge in [0.25, 0.3) is 0 Å². The maximum absolute atomic E-state index is 13.6. The predicted octanol–water partition coefficient (Wildman–Crippen LogP) is 2.97. The Balaban J connectivity index is 2.15. The zero-order valence-electron chi connectivity index (χ0n) is 8.42. The van der Waals surface area contributed by atoms with Crippen molar-refractivity contribution in [2.45, 2.75) is 17.8 Å². The van der Waals surface area contributed by atoms with Crippen molar-refractivity contribution in [3.8, 4) is 0 Å². The first-order valence-corrected chi connectivity index (χ1v) is 6.22. The minimum Gasteiger partial charge on any atom is -0.337 e. The fourth-order valence-electron chi connectivity index (χ4n) is 1.75. The van der Waals surface area contributed by atoms with Gasteiger partial charge < -0.3 is 4.90 Å². The molecule has 0 saturated carbocycles. The largest absolute Gasteiger partial charge is 0.337 e. The number of likely N-dealkylation sites (tertiary alicyclic amines) is 1. The van der Waals surface area contributed by atoms with Gasteiger partial charge in [0.2, 0.25) is 5.91 Å². The standard InChI is InChI=1S/C11H10BrClFNO/c12-8-4-10(16)15(6-8)5-7-2-1-3-9(13)11(7)14/h1-3,8H,4-6H2. The van der Waals surface area contributed by atoms with Crippen molar-refractivity contribution in [1.29, 1.82) is 0 Å². The van der Waals surface area contributed by atoms with Crippen molar-refractivity contribution in [1.82, 2.24) is 4.90 Å². The predicted molar refractivity (Wildman–Crippen MR) is 64.2 cm³/mol. The molecule has 5 heteroatoms. The molecule has 86 valence electrons. The van der Waals surface area contributed by atoms with E-state index in [4.69, 9.17) is 11.6 Å². The molecule has 1 amide bonds. The van der Waals surface area contributed by atoms with E-state index in [0.29, 0.717) is 18.5 Å². The number of nitrogens with zero attached hydrogens (tertiary/aromatic N) is 1. The van der Waals surface area contributed by atoms with Crippen LogP contribution in [0.2, 0.25) is 5.02 Å². The first-order chi connectivity index (χ1) is 7.58. The zero-order chi connectivity index (χ0) is 11.7. The van der Waals surface area contributed by atoms with E-state index in [1.807, 2.05) is 0 Å². The smallest absolute Gasteiger partial charge is 0.224 e. The summed E-state index contributed by atoms with van der Waals surface area (Å²) < 4.78 is 13.6. The number of halogens is 3. The van der Waals surface area contributed by atoms with Gasteiger partial charge >= 0.3 is 0 Å². The van der Waals surface area contributed by atoms with E-state index in [-0.39, 0.29) is 22.3 Å². The van der Waals surface area contributed by atoms with Crippen LogP contribution in [0, 0.1) is 5.82 Å². The van der Waals surface area contributed by atoms with E-state index in [0.717, 1.165) is 0 Å². The van der Waals surface area contributed by atoms with Crippen LogP contribution in [0.25, 0.3) is 0 Å². The summed E-state index contributed by atoms with van der Waals surface area (Å²) in [5, 5.41) is 0.0968. The van der Waals surface area contributed by atoms with E-state index in [1.54, 1.807) is 17.0 Å². The molecular formula is C11H10BrClFNO. The number of carbonyl (C=O) groups excluding carboxylic acids is 1. The molecule has 1 atom stereocenters. The van der Waals surface area contributed by atoms with E-state index in [9.17, 15) is 9.18 Å². The lowest BCUT2D eigenvalue weighted by Gasteiger charge is -2.16. The number of benzene rings is 1. The van der Waals surface area contributed by atoms with Crippen LogP contribution >= 0.6 is 27.5 Å². The monoisotopic (exact) mass is 305 g/mol. The Morgan fingerprint density at radius 3 is 2.94 bits per heavy atom. The van der Waals surface area contributed by atoms with Crippen LogP contribution in [0.5, 0.6) is 0 Å². The number of amides is 1. The molecule has 1 unspecified atom stereocenters. The van der Waals surface area contributed by atoms with Crippen molar-refractivity contribution in [2.24, 2.45) is 0 Å². The van der Waals surface area contributed by atoms with Gasteiger partial charge in [-0.1, -0.05) is 39.7 Å². The second-order valence-electron chi connectivity index (χ2n) is 3.79. The van der Waals surface area contributed by atoms with Gasteiger partial charge in [-0.3, -0.25) is 4.79 Å². The number of hydrogen-bond acceptors (Lipinski definition) is 1. The summed E-state index contributed by atoms with van der Waals surface area (Å²) in [5.41, 5.74) is 0.461. The normalized spacial score (nSPS) is 20.6. The third-order valence-electron chi connectivity index (χ3n) is 2.56. The molecule has 2 nitrogen and oxygen atoms in total. The first-order valence-electron chi connectivity index (χ1n) is 4.92. The Labute approximate surface area is 107 Å². The maximum Gasteiger partial charge on any atom is 0.224 e. The van der Waals surface area contributed by atoms with Crippen LogP contribution in [0.15, 0.2) is 18.2 Å². The zero-order valence-corrected chi connectivity index (χ0v) is 10.8. The lowest BCUT2D eigenvalue weighted by atomic mass is 10.2. The van der Waals surface area contributed by atoms with Crippen molar-refractivity contribution < 1.29 is 9.18 Å². The number of alkyl halides is 1. The molecule has 0 bridgehead atoms. The van der Waals surface area contributed by atoms with Crippen molar-refractivity contribution in [3.05, 3.63) is 34.6 Å². The van der Waals surface area contributed by atoms with E-state index >= 15 is 0 Å². The van der Waals surface area contributed by atoms with Crippen LogP contribution in [0.4, 0.5) is 4.39 Å². The molecule has 1 aromatic rings. The van der Waals surface area contributed by atoms with Crippen LogP contribution < -0.4 is 0 Å². The SMILES string of the molecule is O=C1CC(Br)CN1Cc1cccc(Cl)c1F. The van der Waals surface area contributed by atoms with Gasteiger partial charge in [0.15, 0.2) is 0 Å². The average Bonchev–Trinajstić information content (AvgIpc) is 2.53. The van der Waals surface area contributed by atoms with Crippen LogP contribution in [0.3, 0.4) is 0 Å². The Hall–Kier alpha value is -0.610. The Morgan fingerprint density at radius 1 is 1.56 bits per heavy atom. The van der Waals surface area contributed by atoms with E-state index in [2.05, 4.69) is 15.9 Å². The van der Waals surface area contributed by atoms with Gasteiger partial charge in [0.1, 0.15) is 5.82 Å². The first kappa shape index (κ1) is 11.9. The summed E-state index contributed by atoms with van der Waals surface area (Å²) in [6.45, 7) is 0.901. The van der Waals surface area contributed by atoms with Gasteiger partial charge in [-0.05, 0) is 6.07 Å². The molecule has 2 rings (SSSR count). The van der Waals surface area contributed by atoms with Crippen molar-refractivity contribution in [2.75, 3.05) is 6.54 Å². The topological polar surface area (TPSA) is 20.3 Å². The molecule has 1 saturated heterocycles. The summed E-state index contributed by atoms with van der Waals surface area (Å²) >= 11 is 9.06. The molecule has 0 aromatic heterocycles. The van der Waals surface area contributed by atoms with Crippen molar-refractivity contribution in [3.63, 3.8) is 0 Å². The lowest BCUT2D eigenvalue weighted by molar-refractivity contribution is -0.128. The van der Waals surface area contributed by atoms with Crippen LogP contribution in [-0.4, -0.2) is 22.2 Å². The fourth-order valence-corrected chi connectivity index (χ4v) is 2.57. The van der Waals surface area contributed by atoms with Gasteiger partial charge in [0.05, 0.1) is 5.02 Å². The number of carbonyl (C=O) groups is 1. The maximum atomic E-state index is 13.6. The summed E-state index contributed by atoms with van der Waals surface area (Å²) in [6.07, 6.45) is 0.474. The Bertz CT molecular complexity index is 426. The van der Waals surface area contributed by atoms with Crippen LogP contribution in [0.1, 0.15) is 12.0 Å². The lowest BCUT2D eigenvalue weighted by Crippen LogP contribution is -2.25. The average molecular weight is 307 g/mol. The second kappa shape index (κ2) is 4.72. The fraction of sp³-hybridized carbons (Fsp3) is 0.364. The Morgan fingerprint density at radius 2 is 2.31 bits per heavy atom. The molecule has 16 heavy (non-hydrogen) atoms. The minimum absolute atomic E-state index is 0.0428. The second-order valence-corrected chi connectivity index (χ2v) is 5.49. The molecule has 1 fully saturated rings. The molecule has 0 spiro atoms. The molecule has 0 radical (unpaired) electrons. The number of rotatable bonds is 2. The molecular weight excluding hydrogens is 296 g/mol. The highest BCUT2D eigenvalue weighted by Crippen LogP contribution is 2.23. The highest BCUT2D eigenvalue weighted by Gasteiger charge is 2.28. The quantitative estimate of drug-likeness (QED) is 0.769. The Kier molecular flexibility index (Phi) is 3.50. The molecule has 1 aliphatic heterocycles. The van der Waals surface area contributed by atoms with Crippen molar-refractivity contribution >= 4 is 33.4 Å². The highest BCUT2D eigenvalue weighted by molar-refractivity contribution is 9.09. The third-order valence-corrected chi connectivity index (χ3v) is 3.47. The molecule has 1 aromatic carbocycles.